The number of fused-ring (bicyclic) bond motifs is 1. The van der Waals surface area contributed by atoms with Gasteiger partial charge in [0.15, 0.2) is 5.54 Å². The molecule has 9 nitrogen and oxygen atoms in total. The van der Waals surface area contributed by atoms with Crippen LogP contribution in [0.2, 0.25) is 0 Å². The zero-order valence-electron chi connectivity index (χ0n) is 21.1. The zero-order chi connectivity index (χ0) is 25.7. The first-order valence-electron chi connectivity index (χ1n) is 12.5. The second-order valence-corrected chi connectivity index (χ2v) is 9.52. The molecule has 3 atom stereocenters. The van der Waals surface area contributed by atoms with Crippen LogP contribution < -0.4 is 5.73 Å². The highest BCUT2D eigenvalue weighted by molar-refractivity contribution is 7.94. The molecule has 0 fully saturated rings. The van der Waals surface area contributed by atoms with Gasteiger partial charge >= 0.3 is 5.97 Å². The smallest absolute Gasteiger partial charge is 0.329 e. The molecule has 198 valence electrons. The standard InChI is InChI=1S/C25H41N3O6S/c1-4-6-7-8-9-10-11-18-12-13-19-20(16-18)28-22(27-19)15-14-21(29)23(30)25(26,17-35-34-32-3)24(31)33-5-2/h12-13,16,21,23,29-30H,4-11,14-15,17,26H2,1-3H3,(H,27,28). The molecule has 1 aromatic carbocycles. The summed E-state index contributed by atoms with van der Waals surface area (Å²) in [7, 11) is 1.31. The minimum atomic E-state index is -1.86. The second-order valence-electron chi connectivity index (χ2n) is 8.86. The van der Waals surface area contributed by atoms with E-state index < -0.39 is 23.7 Å². The van der Waals surface area contributed by atoms with Crippen molar-refractivity contribution in [3.63, 3.8) is 0 Å². The van der Waals surface area contributed by atoms with Gasteiger partial charge < -0.3 is 25.7 Å². The lowest BCUT2D eigenvalue weighted by Gasteiger charge is -2.33. The van der Waals surface area contributed by atoms with Gasteiger partial charge in [-0.15, -0.1) is 0 Å². The number of benzene rings is 1. The van der Waals surface area contributed by atoms with E-state index in [0.717, 1.165) is 29.5 Å². The van der Waals surface area contributed by atoms with E-state index in [1.807, 2.05) is 6.07 Å². The number of imidazole rings is 1. The number of hydrogen-bond acceptors (Lipinski definition) is 9. The highest BCUT2D eigenvalue weighted by Gasteiger charge is 2.46. The summed E-state index contributed by atoms with van der Waals surface area (Å²) in [5.41, 5.74) is 7.39. The first kappa shape index (κ1) is 29.5. The molecular weight excluding hydrogens is 470 g/mol. The normalized spacial score (nSPS) is 15.1. The predicted octanol–water partition coefficient (Wildman–Crippen LogP) is 3.61. The van der Waals surface area contributed by atoms with Crippen LogP contribution in [0.15, 0.2) is 18.2 Å². The highest BCUT2D eigenvalue weighted by Crippen LogP contribution is 2.23. The Balaban J connectivity index is 1.94. The highest BCUT2D eigenvalue weighted by atomic mass is 32.2. The number of nitrogens with zero attached hydrogens (tertiary/aromatic N) is 1. The van der Waals surface area contributed by atoms with Gasteiger partial charge in [-0.25, -0.2) is 14.7 Å². The SMILES string of the molecule is CCCCCCCCc1ccc2nc(CCC(O)C(O)C(N)(CSOOC)C(=O)OCC)[nH]c2c1. The van der Waals surface area contributed by atoms with Gasteiger partial charge in [-0.05, 0) is 43.9 Å². The molecule has 2 aromatic rings. The third kappa shape index (κ3) is 9.04. The van der Waals surface area contributed by atoms with Crippen molar-refractivity contribution in [3.8, 4) is 0 Å². The Morgan fingerprint density at radius 3 is 2.63 bits per heavy atom. The van der Waals surface area contributed by atoms with Crippen LogP contribution in [-0.2, 0) is 31.6 Å². The molecule has 2 rings (SSSR count). The predicted molar refractivity (Wildman–Crippen MR) is 138 cm³/mol. The zero-order valence-corrected chi connectivity index (χ0v) is 21.9. The Labute approximate surface area is 212 Å². The Morgan fingerprint density at radius 1 is 1.17 bits per heavy atom. The molecule has 1 heterocycles. The number of esters is 1. The first-order chi connectivity index (χ1) is 16.8. The van der Waals surface area contributed by atoms with E-state index in [1.54, 1.807) is 6.92 Å². The largest absolute Gasteiger partial charge is 0.465 e. The Bertz CT molecular complexity index is 895. The van der Waals surface area contributed by atoms with Crippen LogP contribution in [-0.4, -0.2) is 63.4 Å². The number of carbonyl (C=O) groups is 1. The van der Waals surface area contributed by atoms with Gasteiger partial charge in [0.25, 0.3) is 0 Å². The minimum absolute atomic E-state index is 0.0935. The van der Waals surface area contributed by atoms with E-state index in [0.29, 0.717) is 12.2 Å². The van der Waals surface area contributed by atoms with E-state index >= 15 is 0 Å². The van der Waals surface area contributed by atoms with Crippen LogP contribution in [0.5, 0.6) is 0 Å². The van der Waals surface area contributed by atoms with Crippen molar-refractivity contribution in [1.29, 1.82) is 0 Å². The maximum atomic E-state index is 12.4. The number of aryl methyl sites for hydroxylation is 2. The van der Waals surface area contributed by atoms with E-state index in [-0.39, 0.29) is 18.8 Å². The third-order valence-corrected chi connectivity index (χ3v) is 6.88. The molecule has 35 heavy (non-hydrogen) atoms. The maximum Gasteiger partial charge on any atom is 0.329 e. The fourth-order valence-corrected chi connectivity index (χ4v) is 4.61. The topological polar surface area (TPSA) is 140 Å². The van der Waals surface area contributed by atoms with Crippen molar-refractivity contribution < 1.29 is 29.0 Å². The van der Waals surface area contributed by atoms with E-state index in [4.69, 9.17) is 14.8 Å². The van der Waals surface area contributed by atoms with Crippen molar-refractivity contribution in [1.82, 2.24) is 9.97 Å². The number of aromatic amines is 1. The number of nitrogens with two attached hydrogens (primary N) is 1. The number of aromatic nitrogens is 2. The summed E-state index contributed by atoms with van der Waals surface area (Å²) in [6.07, 6.45) is 6.32. The summed E-state index contributed by atoms with van der Waals surface area (Å²) in [6, 6.07) is 6.24. The quantitative estimate of drug-likeness (QED) is 0.0776. The monoisotopic (exact) mass is 511 g/mol. The number of H-pyrrole nitrogens is 1. The van der Waals surface area contributed by atoms with Gasteiger partial charge in [-0.2, -0.15) is 4.33 Å². The fourth-order valence-electron chi connectivity index (χ4n) is 3.98. The number of hydrogen-bond donors (Lipinski definition) is 4. The average molecular weight is 512 g/mol. The fraction of sp³-hybridized carbons (Fsp3) is 0.680. The lowest BCUT2D eigenvalue weighted by molar-refractivity contribution is -0.163. The molecule has 0 saturated heterocycles. The van der Waals surface area contributed by atoms with Crippen LogP contribution in [0.1, 0.15) is 70.2 Å². The minimum Gasteiger partial charge on any atom is -0.465 e. The number of unbranched alkanes of at least 4 members (excludes halogenated alkanes) is 5. The van der Waals surface area contributed by atoms with Gasteiger partial charge in [0.1, 0.15) is 11.9 Å². The van der Waals surface area contributed by atoms with Crippen molar-refractivity contribution in [2.24, 2.45) is 5.73 Å². The van der Waals surface area contributed by atoms with Gasteiger partial charge in [0.05, 0.1) is 36.6 Å². The number of carbonyl (C=O) groups excluding carboxylic acids is 1. The van der Waals surface area contributed by atoms with Crippen LogP contribution in [0.25, 0.3) is 11.0 Å². The van der Waals surface area contributed by atoms with Crippen molar-refractivity contribution in [2.75, 3.05) is 19.5 Å². The summed E-state index contributed by atoms with van der Waals surface area (Å²) in [5, 5.41) is 21.3. The number of rotatable bonds is 18. The van der Waals surface area contributed by atoms with Crippen LogP contribution in [0.3, 0.4) is 0 Å². The van der Waals surface area contributed by atoms with Crippen LogP contribution in [0, 0.1) is 0 Å². The molecule has 1 aromatic heterocycles. The van der Waals surface area contributed by atoms with Crippen molar-refractivity contribution in [2.45, 2.75) is 89.4 Å². The second kappa shape index (κ2) is 15.4. The molecule has 0 spiro atoms. The number of ether oxygens (including phenoxy) is 1. The Hall–Kier alpha value is -1.69. The first-order valence-corrected chi connectivity index (χ1v) is 13.4. The molecular formula is C25H41N3O6S. The molecule has 0 radical (unpaired) electrons. The van der Waals surface area contributed by atoms with E-state index in [1.165, 1.54) is 51.2 Å². The summed E-state index contributed by atoms with van der Waals surface area (Å²) < 4.78 is 9.74. The molecule has 0 aliphatic carbocycles. The Kier molecular flexibility index (Phi) is 13.0. The molecule has 3 unspecified atom stereocenters. The molecule has 0 saturated carbocycles. The van der Waals surface area contributed by atoms with Gasteiger partial charge in [0.2, 0.25) is 0 Å². The maximum absolute atomic E-state index is 12.4. The lowest BCUT2D eigenvalue weighted by atomic mass is 9.89. The molecule has 10 heteroatoms. The molecule has 0 amide bonds. The van der Waals surface area contributed by atoms with Crippen LogP contribution in [0.4, 0.5) is 0 Å². The van der Waals surface area contributed by atoms with Gasteiger partial charge in [0, 0.05) is 18.5 Å². The van der Waals surface area contributed by atoms with E-state index in [9.17, 15) is 15.0 Å². The van der Waals surface area contributed by atoms with Crippen molar-refractivity contribution >= 4 is 29.0 Å². The summed E-state index contributed by atoms with van der Waals surface area (Å²) >= 11 is 0.751. The van der Waals surface area contributed by atoms with Gasteiger partial charge in [-0.1, -0.05) is 45.1 Å². The molecule has 0 aliphatic heterocycles. The third-order valence-electron chi connectivity index (χ3n) is 6.05. The molecule has 0 aliphatic rings. The average Bonchev–Trinajstić information content (AvgIpc) is 3.26. The van der Waals surface area contributed by atoms with Crippen LogP contribution >= 0.6 is 12.0 Å². The number of aliphatic hydroxyl groups excluding tert-OH is 2. The summed E-state index contributed by atoms with van der Waals surface area (Å²) in [4.78, 5) is 24.8. The lowest BCUT2D eigenvalue weighted by Crippen LogP contribution is -2.63. The Morgan fingerprint density at radius 2 is 1.91 bits per heavy atom. The molecule has 0 bridgehead atoms. The van der Waals surface area contributed by atoms with Crippen molar-refractivity contribution in [3.05, 3.63) is 29.6 Å². The number of nitrogens with one attached hydrogen (secondary N) is 1. The summed E-state index contributed by atoms with van der Waals surface area (Å²) in [5.74, 6) is -0.289. The summed E-state index contributed by atoms with van der Waals surface area (Å²) in [6.45, 7) is 3.96. The molecule has 5 N–H and O–H groups in total. The van der Waals surface area contributed by atoms with Gasteiger partial charge in [-0.3, -0.25) is 0 Å². The van der Waals surface area contributed by atoms with E-state index in [2.05, 4.69) is 33.9 Å². The number of aliphatic hydroxyl groups is 2.